The maximum atomic E-state index is 12.1. The van der Waals surface area contributed by atoms with Crippen molar-refractivity contribution in [3.63, 3.8) is 0 Å². The number of halogens is 1. The Kier molecular flexibility index (Phi) is 5.40. The molecule has 2 aliphatic rings. The van der Waals surface area contributed by atoms with Crippen molar-refractivity contribution in [2.45, 2.75) is 45.1 Å². The molecular weight excluding hydrogens is 370 g/mol. The number of hydrogen-bond donors (Lipinski definition) is 2. The predicted molar refractivity (Wildman–Crippen MR) is 115 cm³/mol. The molecule has 0 unspecified atom stereocenters. The summed E-state index contributed by atoms with van der Waals surface area (Å²) in [5, 5.41) is 7.07. The van der Waals surface area contributed by atoms with Crippen molar-refractivity contribution in [1.82, 2.24) is 5.32 Å². The summed E-state index contributed by atoms with van der Waals surface area (Å²) in [7, 11) is 1.67. The van der Waals surface area contributed by atoms with Gasteiger partial charge < -0.3 is 10.6 Å². The fraction of sp³-hybridized carbons (Fsp3) is 0.391. The number of benzene rings is 2. The van der Waals surface area contributed by atoms with Gasteiger partial charge in [-0.15, -0.1) is 0 Å². The molecule has 0 atom stereocenters. The minimum absolute atomic E-state index is 0.0408. The topological polar surface area (TPSA) is 53.5 Å². The molecule has 0 bridgehead atoms. The smallest absolute Gasteiger partial charge is 0.251 e. The van der Waals surface area contributed by atoms with Crippen LogP contribution in [0.15, 0.2) is 47.5 Å². The molecule has 2 aromatic rings. The third-order valence-electron chi connectivity index (χ3n) is 6.00. The second kappa shape index (κ2) is 7.96. The van der Waals surface area contributed by atoms with Crippen LogP contribution in [0.5, 0.6) is 0 Å². The summed E-state index contributed by atoms with van der Waals surface area (Å²) in [5.41, 5.74) is 4.16. The van der Waals surface area contributed by atoms with Crippen molar-refractivity contribution in [1.29, 1.82) is 0 Å². The van der Waals surface area contributed by atoms with Crippen LogP contribution >= 0.6 is 11.6 Å². The summed E-state index contributed by atoms with van der Waals surface area (Å²) < 4.78 is 0. The van der Waals surface area contributed by atoms with Gasteiger partial charge in [0.05, 0.1) is 6.54 Å². The highest BCUT2D eigenvalue weighted by atomic mass is 35.5. The number of anilines is 1. The Hall–Kier alpha value is -2.33. The number of amides is 1. The minimum Gasteiger partial charge on any atom is -0.355 e. The molecule has 2 aromatic carbocycles. The third-order valence-corrected chi connectivity index (χ3v) is 6.23. The van der Waals surface area contributed by atoms with Crippen LogP contribution in [0.4, 0.5) is 5.69 Å². The fourth-order valence-electron chi connectivity index (χ4n) is 4.51. The van der Waals surface area contributed by atoms with E-state index < -0.39 is 0 Å². The first kappa shape index (κ1) is 19.0. The van der Waals surface area contributed by atoms with E-state index in [-0.39, 0.29) is 11.3 Å². The Balaban J connectivity index is 1.67. The predicted octanol–water partition coefficient (Wildman–Crippen LogP) is 5.22. The second-order valence-electron chi connectivity index (χ2n) is 7.89. The van der Waals surface area contributed by atoms with Gasteiger partial charge in [-0.3, -0.25) is 9.79 Å². The van der Waals surface area contributed by atoms with Crippen LogP contribution in [-0.4, -0.2) is 18.8 Å². The lowest BCUT2D eigenvalue weighted by molar-refractivity contribution is 0.0963. The number of aliphatic imine (C=N–C) groups is 1. The number of fused-ring (bicyclic) bond motifs is 1. The van der Waals surface area contributed by atoms with Crippen LogP contribution in [0, 0.1) is 5.41 Å². The van der Waals surface area contributed by atoms with E-state index in [0.717, 1.165) is 41.4 Å². The molecule has 4 nitrogen and oxygen atoms in total. The van der Waals surface area contributed by atoms with E-state index in [1.54, 1.807) is 7.05 Å². The quantitative estimate of drug-likeness (QED) is 0.748. The van der Waals surface area contributed by atoms with Crippen molar-refractivity contribution in [3.8, 4) is 0 Å². The first-order valence-electron chi connectivity index (χ1n) is 10.0. The third kappa shape index (κ3) is 3.79. The number of hydrogen-bond acceptors (Lipinski definition) is 2. The minimum atomic E-state index is -0.0408. The lowest BCUT2D eigenvalue weighted by Gasteiger charge is -2.42. The van der Waals surface area contributed by atoms with Gasteiger partial charge in [-0.25, -0.2) is 0 Å². The molecule has 2 N–H and O–H groups in total. The second-order valence-corrected chi connectivity index (χ2v) is 8.33. The summed E-state index contributed by atoms with van der Waals surface area (Å²) in [5.74, 6) is 1.05. The van der Waals surface area contributed by atoms with Crippen LogP contribution in [0.25, 0.3) is 0 Å². The monoisotopic (exact) mass is 395 g/mol. The molecule has 0 aromatic heterocycles. The summed E-state index contributed by atoms with van der Waals surface area (Å²) >= 11 is 6.13. The molecule has 1 aliphatic carbocycles. The highest BCUT2D eigenvalue weighted by molar-refractivity contribution is 6.30. The Bertz CT molecular complexity index is 916. The number of nitrogens with one attached hydrogen (secondary N) is 2. The summed E-state index contributed by atoms with van der Waals surface area (Å²) in [6.45, 7) is 0.621. The summed E-state index contributed by atoms with van der Waals surface area (Å²) in [4.78, 5) is 17.1. The zero-order valence-electron chi connectivity index (χ0n) is 16.2. The molecule has 28 heavy (non-hydrogen) atoms. The highest BCUT2D eigenvalue weighted by Gasteiger charge is 2.41. The van der Waals surface area contributed by atoms with Gasteiger partial charge in [0.2, 0.25) is 0 Å². The first-order chi connectivity index (χ1) is 13.6. The van der Waals surface area contributed by atoms with Gasteiger partial charge in [0.1, 0.15) is 5.84 Å². The SMILES string of the molecule is CNC(=O)c1ccc2c(c1)CC1(CCCCC1)C(=NCc1cccc(Cl)c1)N2. The molecule has 1 saturated carbocycles. The lowest BCUT2D eigenvalue weighted by Crippen LogP contribution is -2.43. The lowest BCUT2D eigenvalue weighted by atomic mass is 9.67. The standard InChI is InChI=1S/C23H26ClN3O/c1-25-21(28)17-8-9-20-18(13-17)14-23(10-3-2-4-11-23)22(27-20)26-15-16-6-5-7-19(24)12-16/h5-9,12-13H,2-4,10-11,14-15H2,1H3,(H,25,28)(H,26,27). The van der Waals surface area contributed by atoms with Crippen molar-refractivity contribution in [2.75, 3.05) is 12.4 Å². The number of amidine groups is 1. The fourth-order valence-corrected chi connectivity index (χ4v) is 4.72. The van der Waals surface area contributed by atoms with Crippen LogP contribution < -0.4 is 10.6 Å². The Morgan fingerprint density at radius 1 is 1.18 bits per heavy atom. The summed E-state index contributed by atoms with van der Waals surface area (Å²) in [6, 6.07) is 13.8. The van der Waals surface area contributed by atoms with Gasteiger partial charge in [-0.2, -0.15) is 0 Å². The molecule has 1 aliphatic heterocycles. The molecule has 1 fully saturated rings. The van der Waals surface area contributed by atoms with Gasteiger partial charge in [0, 0.05) is 28.7 Å². The van der Waals surface area contributed by atoms with Gasteiger partial charge in [0.15, 0.2) is 0 Å². The van der Waals surface area contributed by atoms with Crippen LogP contribution in [0.1, 0.15) is 53.6 Å². The molecule has 5 heteroatoms. The Labute approximate surface area is 171 Å². The zero-order valence-corrected chi connectivity index (χ0v) is 17.0. The van der Waals surface area contributed by atoms with E-state index in [4.69, 9.17) is 16.6 Å². The number of rotatable bonds is 3. The molecule has 1 amide bonds. The van der Waals surface area contributed by atoms with E-state index in [1.807, 2.05) is 36.4 Å². The van der Waals surface area contributed by atoms with Gasteiger partial charge in [0.25, 0.3) is 5.91 Å². The average Bonchev–Trinajstić information content (AvgIpc) is 2.72. The molecule has 0 saturated heterocycles. The maximum Gasteiger partial charge on any atom is 0.251 e. The Morgan fingerprint density at radius 2 is 2.00 bits per heavy atom. The largest absolute Gasteiger partial charge is 0.355 e. The van der Waals surface area contributed by atoms with E-state index in [2.05, 4.69) is 16.7 Å². The first-order valence-corrected chi connectivity index (χ1v) is 10.4. The molecule has 0 radical (unpaired) electrons. The van der Waals surface area contributed by atoms with Crippen molar-refractivity contribution in [3.05, 3.63) is 64.2 Å². The van der Waals surface area contributed by atoms with Crippen LogP contribution in [0.3, 0.4) is 0 Å². The molecule has 146 valence electrons. The van der Waals surface area contributed by atoms with E-state index in [1.165, 1.54) is 24.8 Å². The van der Waals surface area contributed by atoms with E-state index in [0.29, 0.717) is 12.1 Å². The van der Waals surface area contributed by atoms with Gasteiger partial charge in [-0.1, -0.05) is 43.0 Å². The van der Waals surface area contributed by atoms with Crippen molar-refractivity contribution in [2.24, 2.45) is 10.4 Å². The van der Waals surface area contributed by atoms with Gasteiger partial charge in [-0.05, 0) is 60.7 Å². The molecule has 4 rings (SSSR count). The van der Waals surface area contributed by atoms with Crippen molar-refractivity contribution < 1.29 is 4.79 Å². The van der Waals surface area contributed by atoms with Crippen molar-refractivity contribution >= 4 is 29.0 Å². The van der Waals surface area contributed by atoms with Crippen LogP contribution in [-0.2, 0) is 13.0 Å². The zero-order chi connectivity index (χ0) is 19.6. The number of carbonyl (C=O) groups is 1. The average molecular weight is 396 g/mol. The van der Waals surface area contributed by atoms with E-state index in [9.17, 15) is 4.79 Å². The van der Waals surface area contributed by atoms with Crippen LogP contribution in [0.2, 0.25) is 5.02 Å². The molecule has 1 heterocycles. The highest BCUT2D eigenvalue weighted by Crippen LogP contribution is 2.45. The number of carbonyl (C=O) groups excluding carboxylic acids is 1. The van der Waals surface area contributed by atoms with E-state index >= 15 is 0 Å². The molecular formula is C23H26ClN3O. The normalized spacial score (nSPS) is 19.1. The molecule has 1 spiro atoms. The Morgan fingerprint density at radius 3 is 2.75 bits per heavy atom. The number of nitrogens with zero attached hydrogens (tertiary/aromatic N) is 1. The maximum absolute atomic E-state index is 12.1. The van der Waals surface area contributed by atoms with Gasteiger partial charge >= 0.3 is 0 Å². The summed E-state index contributed by atoms with van der Waals surface area (Å²) in [6.07, 6.45) is 6.95.